The lowest BCUT2D eigenvalue weighted by molar-refractivity contribution is -0.135. The number of fused-ring (bicyclic) bond motifs is 2. The molecule has 2 amide bonds. The minimum atomic E-state index is -0.630. The quantitative estimate of drug-likeness (QED) is 0.269. The average Bonchev–Trinajstić information content (AvgIpc) is 3.58. The van der Waals surface area contributed by atoms with E-state index in [0.29, 0.717) is 59.8 Å². The topological polar surface area (TPSA) is 147 Å². The Morgan fingerprint density at radius 3 is 2.61 bits per heavy atom. The standard InChI is InChI=1S/C30H40BrN7O5S/c1-17(2)12-20(34-29(40)43-30(3,4)5)27(39)37-9-6-18(7-10-37)8-11-38-15-33-25(32)24-26(38)36-28(35-24)44-23-14-22-21(13-19(23)31)41-16-42-22/h13-15,17-18,20,32H,6-12,16H2,1-5H3,(H,34,40)(H,35,36)/t20-/m0/s1. The maximum absolute atomic E-state index is 13.4. The van der Waals surface area contributed by atoms with E-state index in [1.54, 1.807) is 6.33 Å². The van der Waals surface area contributed by atoms with Crippen molar-refractivity contribution in [3.8, 4) is 11.5 Å². The SMILES string of the molecule is CC(C)C[C@H](NC(=O)OC(C)(C)C)C(=O)N1CCC(CCn2cnc(=N)c3[nH]c(Sc4cc5c(cc4Br)OCO5)nc32)CC1. The van der Waals surface area contributed by atoms with E-state index in [0.717, 1.165) is 28.6 Å². The van der Waals surface area contributed by atoms with E-state index in [-0.39, 0.29) is 24.1 Å². The van der Waals surface area contributed by atoms with Crippen molar-refractivity contribution in [2.45, 2.75) is 88.5 Å². The number of carbonyl (C=O) groups excluding carboxylic acids is 2. The number of imidazole rings is 1. The molecular formula is C30H40BrN7O5S. The van der Waals surface area contributed by atoms with Crippen molar-refractivity contribution >= 4 is 50.9 Å². The van der Waals surface area contributed by atoms with Crippen LogP contribution in [0.1, 0.15) is 60.3 Å². The number of H-pyrrole nitrogens is 1. The molecule has 0 bridgehead atoms. The zero-order valence-corrected chi connectivity index (χ0v) is 28.1. The van der Waals surface area contributed by atoms with Gasteiger partial charge in [-0.05, 0) is 86.4 Å². The van der Waals surface area contributed by atoms with Gasteiger partial charge in [-0.1, -0.05) is 25.6 Å². The van der Waals surface area contributed by atoms with Crippen molar-refractivity contribution < 1.29 is 23.8 Å². The average molecular weight is 691 g/mol. The molecule has 3 aromatic rings. The smallest absolute Gasteiger partial charge is 0.408 e. The van der Waals surface area contributed by atoms with Gasteiger partial charge in [0.2, 0.25) is 12.7 Å². The highest BCUT2D eigenvalue weighted by molar-refractivity contribution is 9.10. The van der Waals surface area contributed by atoms with Crippen molar-refractivity contribution in [3.63, 3.8) is 0 Å². The van der Waals surface area contributed by atoms with Gasteiger partial charge in [0.15, 0.2) is 27.8 Å². The number of piperidine rings is 1. The van der Waals surface area contributed by atoms with Crippen LogP contribution in [0.2, 0.25) is 0 Å². The third-order valence-electron chi connectivity index (χ3n) is 7.53. The number of halogens is 1. The number of carbonyl (C=O) groups is 2. The molecule has 44 heavy (non-hydrogen) atoms. The Bertz CT molecular complexity index is 1580. The van der Waals surface area contributed by atoms with Crippen LogP contribution in [0.4, 0.5) is 4.79 Å². The molecule has 4 heterocycles. The predicted octanol–water partition coefficient (Wildman–Crippen LogP) is 5.45. The van der Waals surface area contributed by atoms with Crippen molar-refractivity contribution in [2.75, 3.05) is 19.9 Å². The normalized spacial score (nSPS) is 16.0. The lowest BCUT2D eigenvalue weighted by Gasteiger charge is -2.35. The highest BCUT2D eigenvalue weighted by Gasteiger charge is 2.31. The molecule has 0 radical (unpaired) electrons. The van der Waals surface area contributed by atoms with Crippen LogP contribution in [0.3, 0.4) is 0 Å². The highest BCUT2D eigenvalue weighted by Crippen LogP contribution is 2.42. The summed E-state index contributed by atoms with van der Waals surface area (Å²) in [4.78, 5) is 41.0. The van der Waals surface area contributed by atoms with Gasteiger partial charge in [0.1, 0.15) is 17.2 Å². The first-order valence-corrected chi connectivity index (χ1v) is 16.5. The Kier molecular flexibility index (Phi) is 9.78. The number of amides is 2. The van der Waals surface area contributed by atoms with E-state index in [4.69, 9.17) is 24.6 Å². The number of likely N-dealkylation sites (tertiary alicyclic amines) is 1. The number of ether oxygens (including phenoxy) is 3. The lowest BCUT2D eigenvalue weighted by Crippen LogP contribution is -2.52. The molecule has 2 aliphatic rings. The predicted molar refractivity (Wildman–Crippen MR) is 169 cm³/mol. The van der Waals surface area contributed by atoms with Crippen LogP contribution in [0.15, 0.2) is 33.0 Å². The van der Waals surface area contributed by atoms with Crippen molar-refractivity contribution in [3.05, 3.63) is 28.4 Å². The number of aryl methyl sites for hydroxylation is 1. The van der Waals surface area contributed by atoms with Gasteiger partial charge in [-0.2, -0.15) is 0 Å². The molecule has 14 heteroatoms. The second-order valence-corrected chi connectivity index (χ2v) is 14.5. The van der Waals surface area contributed by atoms with Crippen molar-refractivity contribution in [1.82, 2.24) is 29.7 Å². The summed E-state index contributed by atoms with van der Waals surface area (Å²) < 4.78 is 19.2. The van der Waals surface area contributed by atoms with E-state index in [1.165, 1.54) is 11.8 Å². The number of aromatic nitrogens is 4. The van der Waals surface area contributed by atoms with Crippen LogP contribution >= 0.6 is 27.7 Å². The number of alkyl carbamates (subject to hydrolysis) is 1. The summed E-state index contributed by atoms with van der Waals surface area (Å²) in [5.41, 5.74) is 0.778. The molecule has 0 saturated carbocycles. The Morgan fingerprint density at radius 1 is 1.23 bits per heavy atom. The fourth-order valence-electron chi connectivity index (χ4n) is 5.38. The highest BCUT2D eigenvalue weighted by atomic mass is 79.9. The molecule has 1 saturated heterocycles. The number of nitrogens with one attached hydrogen (secondary N) is 3. The summed E-state index contributed by atoms with van der Waals surface area (Å²) in [5, 5.41) is 11.8. The Balaban J connectivity index is 1.19. The molecule has 1 atom stereocenters. The molecule has 0 unspecified atom stereocenters. The van der Waals surface area contributed by atoms with Gasteiger partial charge >= 0.3 is 6.09 Å². The maximum Gasteiger partial charge on any atom is 0.408 e. The minimum Gasteiger partial charge on any atom is -0.454 e. The van der Waals surface area contributed by atoms with Gasteiger partial charge in [-0.25, -0.2) is 14.8 Å². The first kappa shape index (κ1) is 32.1. The van der Waals surface area contributed by atoms with Crippen LogP contribution in [0, 0.1) is 17.2 Å². The first-order chi connectivity index (χ1) is 20.9. The number of hydrogen-bond donors (Lipinski definition) is 3. The molecule has 2 aliphatic heterocycles. The van der Waals surface area contributed by atoms with Crippen LogP contribution in [0.25, 0.3) is 11.2 Å². The first-order valence-electron chi connectivity index (χ1n) is 14.9. The van der Waals surface area contributed by atoms with Gasteiger partial charge in [-0.3, -0.25) is 10.2 Å². The molecule has 5 rings (SSSR count). The van der Waals surface area contributed by atoms with Crippen LogP contribution in [-0.2, 0) is 16.1 Å². The molecule has 238 valence electrons. The van der Waals surface area contributed by atoms with Gasteiger partial charge in [0, 0.05) is 29.0 Å². The van der Waals surface area contributed by atoms with Gasteiger partial charge in [-0.15, -0.1) is 0 Å². The van der Waals surface area contributed by atoms with Crippen LogP contribution < -0.4 is 20.3 Å². The summed E-state index contributed by atoms with van der Waals surface area (Å²) in [6.45, 7) is 11.7. The number of rotatable bonds is 9. The summed E-state index contributed by atoms with van der Waals surface area (Å²) in [6, 6.07) is 3.18. The number of nitrogens with zero attached hydrogens (tertiary/aromatic N) is 4. The van der Waals surface area contributed by atoms with Crippen molar-refractivity contribution in [1.29, 1.82) is 5.41 Å². The van der Waals surface area contributed by atoms with Gasteiger partial charge in [0.05, 0.1) is 6.33 Å². The molecule has 1 fully saturated rings. The Labute approximate surface area is 269 Å². The molecule has 3 N–H and O–H groups in total. The fourth-order valence-corrected chi connectivity index (χ4v) is 6.76. The summed E-state index contributed by atoms with van der Waals surface area (Å²) in [5.74, 6) is 2.01. The summed E-state index contributed by atoms with van der Waals surface area (Å²) in [7, 11) is 0. The Hall–Kier alpha value is -3.26. The lowest BCUT2D eigenvalue weighted by atomic mass is 9.92. The molecular weight excluding hydrogens is 650 g/mol. The number of hydrogen-bond acceptors (Lipinski definition) is 9. The van der Waals surface area contributed by atoms with Crippen LogP contribution in [-0.4, -0.2) is 67.9 Å². The van der Waals surface area contributed by atoms with Crippen molar-refractivity contribution in [2.24, 2.45) is 11.8 Å². The van der Waals surface area contributed by atoms with Gasteiger partial charge < -0.3 is 34.0 Å². The zero-order chi connectivity index (χ0) is 31.6. The molecule has 12 nitrogen and oxygen atoms in total. The van der Waals surface area contributed by atoms with E-state index in [9.17, 15) is 9.59 Å². The molecule has 1 aromatic carbocycles. The van der Waals surface area contributed by atoms with E-state index >= 15 is 0 Å². The van der Waals surface area contributed by atoms with E-state index in [1.807, 2.05) is 56.2 Å². The third kappa shape index (κ3) is 7.87. The fraction of sp³-hybridized carbons (Fsp3) is 0.567. The van der Waals surface area contributed by atoms with E-state index in [2.05, 4.69) is 31.2 Å². The number of benzene rings is 1. The van der Waals surface area contributed by atoms with Crippen LogP contribution in [0.5, 0.6) is 11.5 Å². The molecule has 2 aromatic heterocycles. The monoisotopic (exact) mass is 689 g/mol. The Morgan fingerprint density at radius 2 is 1.93 bits per heavy atom. The second kappa shape index (κ2) is 13.4. The van der Waals surface area contributed by atoms with E-state index < -0.39 is 17.7 Å². The van der Waals surface area contributed by atoms with Gasteiger partial charge in [0.25, 0.3) is 0 Å². The second-order valence-electron chi connectivity index (χ2n) is 12.7. The summed E-state index contributed by atoms with van der Waals surface area (Å²) in [6.07, 6.45) is 4.31. The molecule has 0 aliphatic carbocycles. The largest absolute Gasteiger partial charge is 0.454 e. The third-order valence-corrected chi connectivity index (χ3v) is 9.40. The maximum atomic E-state index is 13.4. The summed E-state index contributed by atoms with van der Waals surface area (Å²) >= 11 is 5.04. The zero-order valence-electron chi connectivity index (χ0n) is 25.7. The number of aromatic amines is 1. The minimum absolute atomic E-state index is 0.0509. The molecule has 0 spiro atoms.